The third-order valence-electron chi connectivity index (χ3n) is 9.35. The molecule has 0 saturated carbocycles. The number of tetrazole rings is 1. The van der Waals surface area contributed by atoms with Crippen LogP contribution in [-0.2, 0) is 29.8 Å². The Morgan fingerprint density at radius 1 is 0.731 bits per heavy atom. The van der Waals surface area contributed by atoms with Crippen molar-refractivity contribution in [1.82, 2.24) is 29.8 Å². The van der Waals surface area contributed by atoms with Gasteiger partial charge in [-0.15, -0.1) is 5.10 Å². The quantitative estimate of drug-likeness (QED) is 0.0685. The summed E-state index contributed by atoms with van der Waals surface area (Å²) < 4.78 is 9.36. The largest absolute Gasteiger partial charge is 0.456 e. The molecule has 0 spiro atoms. The molecule has 0 N–H and O–H groups in total. The number of rotatable bonds is 13. The molecule has 2 aromatic heterocycles. The highest BCUT2D eigenvalue weighted by Gasteiger charge is 2.42. The van der Waals surface area contributed by atoms with Crippen molar-refractivity contribution in [3.63, 3.8) is 0 Å². The van der Waals surface area contributed by atoms with E-state index in [2.05, 4.69) is 57.8 Å². The Balaban J connectivity index is 1.24. The number of aldehydes is 1. The number of ether oxygens (including phenoxy) is 1. The highest BCUT2D eigenvalue weighted by molar-refractivity contribution is 5.95. The van der Waals surface area contributed by atoms with E-state index in [1.807, 2.05) is 116 Å². The molecule has 0 aliphatic carbocycles. The lowest BCUT2D eigenvalue weighted by molar-refractivity contribution is 0.0464. The second-order valence-electron chi connectivity index (χ2n) is 12.4. The van der Waals surface area contributed by atoms with E-state index in [9.17, 15) is 9.59 Å². The van der Waals surface area contributed by atoms with Crippen LogP contribution in [0.2, 0.25) is 0 Å². The van der Waals surface area contributed by atoms with Gasteiger partial charge in [-0.1, -0.05) is 146 Å². The first-order valence-corrected chi connectivity index (χ1v) is 17.5. The lowest BCUT2D eigenvalue weighted by Gasteiger charge is -2.36. The van der Waals surface area contributed by atoms with Gasteiger partial charge in [0.05, 0.1) is 0 Å². The van der Waals surface area contributed by atoms with Crippen molar-refractivity contribution < 1.29 is 14.3 Å². The van der Waals surface area contributed by atoms with Gasteiger partial charge < -0.3 is 9.30 Å². The van der Waals surface area contributed by atoms with Gasteiger partial charge in [-0.3, -0.25) is 4.79 Å². The first-order chi connectivity index (χ1) is 25.6. The Hall–Kier alpha value is -6.48. The second-order valence-corrected chi connectivity index (χ2v) is 12.4. The number of carbonyl (C=O) groups is 2. The molecule has 0 fully saturated rings. The first kappa shape index (κ1) is 34.0. The zero-order valence-electron chi connectivity index (χ0n) is 29.1. The van der Waals surface area contributed by atoms with Crippen LogP contribution in [0.3, 0.4) is 0 Å². The molecule has 9 nitrogen and oxygen atoms in total. The van der Waals surface area contributed by atoms with Crippen LogP contribution in [0.25, 0.3) is 22.5 Å². The minimum Gasteiger partial charge on any atom is -0.456 e. The number of nitrogens with zero attached hydrogens (tertiary/aromatic N) is 6. The van der Waals surface area contributed by atoms with Gasteiger partial charge in [0.25, 0.3) is 0 Å². The molecule has 0 bridgehead atoms. The van der Waals surface area contributed by atoms with Crippen molar-refractivity contribution in [2.24, 2.45) is 0 Å². The molecular formula is C43H38N6O3. The standard InChI is InChI=1S/C43H38N6O3/c1-3-16-39-44-40(38(29-50)48(39)4-2)42(51)52-30-31-25-27-32(28-26-31)36-23-14-15-24-37(36)41-45-46-47-49(41)43(33-17-8-5-9-18-33,34-19-10-6-11-20-34)35-21-12-7-13-22-35/h5-15,17-29H,3-4,16,30H2,1-2H3. The number of carbonyl (C=O) groups excluding carboxylic acids is 2. The first-order valence-electron chi connectivity index (χ1n) is 17.5. The summed E-state index contributed by atoms with van der Waals surface area (Å²) in [5.41, 5.74) is 6.00. The van der Waals surface area contributed by atoms with Crippen LogP contribution in [0.15, 0.2) is 140 Å². The number of benzene rings is 5. The predicted molar refractivity (Wildman–Crippen MR) is 200 cm³/mol. The fourth-order valence-corrected chi connectivity index (χ4v) is 6.96. The average Bonchev–Trinajstić information content (AvgIpc) is 3.84. The molecule has 9 heteroatoms. The van der Waals surface area contributed by atoms with Gasteiger partial charge in [0.15, 0.2) is 17.8 Å². The van der Waals surface area contributed by atoms with Crippen LogP contribution in [0, 0.1) is 0 Å². The normalized spacial score (nSPS) is 11.3. The number of hydrogen-bond donors (Lipinski definition) is 0. The Kier molecular flexibility index (Phi) is 9.93. The van der Waals surface area contributed by atoms with E-state index in [1.54, 1.807) is 4.57 Å². The van der Waals surface area contributed by atoms with Crippen molar-refractivity contribution in [3.05, 3.63) is 179 Å². The fraction of sp³-hybridized carbons (Fsp3) is 0.163. The van der Waals surface area contributed by atoms with E-state index in [-0.39, 0.29) is 18.0 Å². The summed E-state index contributed by atoms with van der Waals surface area (Å²) in [7, 11) is 0. The van der Waals surface area contributed by atoms with Crippen LogP contribution < -0.4 is 0 Å². The van der Waals surface area contributed by atoms with Crippen LogP contribution in [0.4, 0.5) is 0 Å². The molecule has 0 saturated heterocycles. The summed E-state index contributed by atoms with van der Waals surface area (Å²) in [6.45, 7) is 4.54. The molecule has 0 aliphatic heterocycles. The van der Waals surface area contributed by atoms with E-state index >= 15 is 0 Å². The summed E-state index contributed by atoms with van der Waals surface area (Å²) >= 11 is 0. The van der Waals surface area contributed by atoms with Crippen LogP contribution in [-0.4, -0.2) is 42.0 Å². The predicted octanol–water partition coefficient (Wildman–Crippen LogP) is 8.19. The maximum absolute atomic E-state index is 13.1. The van der Waals surface area contributed by atoms with E-state index in [0.717, 1.165) is 45.4 Å². The second kappa shape index (κ2) is 15.2. The lowest BCUT2D eigenvalue weighted by Crippen LogP contribution is -2.39. The van der Waals surface area contributed by atoms with E-state index in [0.29, 0.717) is 30.9 Å². The number of aromatic nitrogens is 6. The van der Waals surface area contributed by atoms with Crippen molar-refractivity contribution in [3.8, 4) is 22.5 Å². The number of hydrogen-bond acceptors (Lipinski definition) is 7. The van der Waals surface area contributed by atoms with E-state index in [1.165, 1.54) is 0 Å². The number of esters is 1. The molecule has 0 unspecified atom stereocenters. The third kappa shape index (κ3) is 6.21. The molecule has 0 aliphatic rings. The highest BCUT2D eigenvalue weighted by atomic mass is 16.5. The third-order valence-corrected chi connectivity index (χ3v) is 9.35. The minimum atomic E-state index is -0.891. The molecule has 0 amide bonds. The molecule has 258 valence electrons. The number of aryl methyl sites for hydroxylation is 1. The van der Waals surface area contributed by atoms with Gasteiger partial charge in [-0.05, 0) is 57.2 Å². The molecule has 7 aromatic rings. The lowest BCUT2D eigenvalue weighted by atomic mass is 9.77. The highest BCUT2D eigenvalue weighted by Crippen LogP contribution is 2.43. The molecular weight excluding hydrogens is 649 g/mol. The summed E-state index contributed by atoms with van der Waals surface area (Å²) in [6.07, 6.45) is 2.20. The van der Waals surface area contributed by atoms with Crippen LogP contribution >= 0.6 is 0 Å². The summed E-state index contributed by atoms with van der Waals surface area (Å²) in [5, 5.41) is 13.7. The minimum absolute atomic E-state index is 0.0349. The van der Waals surface area contributed by atoms with E-state index < -0.39 is 11.5 Å². The van der Waals surface area contributed by atoms with Crippen LogP contribution in [0.1, 0.15) is 69.3 Å². The Morgan fingerprint density at radius 3 is 1.83 bits per heavy atom. The topological polar surface area (TPSA) is 105 Å². The summed E-state index contributed by atoms with van der Waals surface area (Å²) in [6, 6.07) is 46.9. The number of imidazole rings is 1. The Morgan fingerprint density at radius 2 is 1.29 bits per heavy atom. The molecule has 5 aromatic carbocycles. The van der Waals surface area contributed by atoms with Crippen molar-refractivity contribution in [2.75, 3.05) is 0 Å². The molecule has 52 heavy (non-hydrogen) atoms. The molecule has 2 heterocycles. The smallest absolute Gasteiger partial charge is 0.359 e. The molecule has 0 radical (unpaired) electrons. The average molecular weight is 687 g/mol. The van der Waals surface area contributed by atoms with E-state index in [4.69, 9.17) is 9.95 Å². The Labute approximate surface area is 302 Å². The van der Waals surface area contributed by atoms with Gasteiger partial charge >= 0.3 is 5.97 Å². The van der Waals surface area contributed by atoms with Crippen LogP contribution in [0.5, 0.6) is 0 Å². The van der Waals surface area contributed by atoms with Gasteiger partial charge in [-0.25, -0.2) is 14.5 Å². The molecule has 0 atom stereocenters. The fourth-order valence-electron chi connectivity index (χ4n) is 6.96. The van der Waals surface area contributed by atoms with Crippen molar-refractivity contribution in [2.45, 2.75) is 45.4 Å². The van der Waals surface area contributed by atoms with Gasteiger partial charge in [0, 0.05) is 18.5 Å². The zero-order chi connectivity index (χ0) is 35.9. The van der Waals surface area contributed by atoms with Gasteiger partial charge in [-0.2, -0.15) is 0 Å². The maximum Gasteiger partial charge on any atom is 0.359 e. The Bertz CT molecular complexity index is 2180. The van der Waals surface area contributed by atoms with Gasteiger partial charge in [0.2, 0.25) is 0 Å². The van der Waals surface area contributed by atoms with Crippen molar-refractivity contribution in [1.29, 1.82) is 0 Å². The summed E-state index contributed by atoms with van der Waals surface area (Å²) in [4.78, 5) is 29.5. The monoisotopic (exact) mass is 686 g/mol. The zero-order valence-corrected chi connectivity index (χ0v) is 29.1. The summed E-state index contributed by atoms with van der Waals surface area (Å²) in [5.74, 6) is 0.693. The SMILES string of the molecule is CCCc1nc(C(=O)OCc2ccc(-c3ccccc3-c3nnnn3C(c3ccccc3)(c3ccccc3)c3ccccc3)cc2)c(C=O)n1CC. The maximum atomic E-state index is 13.1. The molecule has 7 rings (SSSR count). The van der Waals surface area contributed by atoms with Crippen molar-refractivity contribution >= 4 is 12.3 Å². The van der Waals surface area contributed by atoms with Gasteiger partial charge in [0.1, 0.15) is 23.7 Å².